The molecule has 0 saturated heterocycles. The lowest BCUT2D eigenvalue weighted by Gasteiger charge is -2.26. The van der Waals surface area contributed by atoms with E-state index in [1.54, 1.807) is 12.1 Å². The first-order valence-corrected chi connectivity index (χ1v) is 6.00. The quantitative estimate of drug-likeness (QED) is 0.415. The van der Waals surface area contributed by atoms with E-state index in [9.17, 15) is 14.4 Å². The second-order valence-corrected chi connectivity index (χ2v) is 4.56. The highest BCUT2D eigenvalue weighted by Crippen LogP contribution is 2.36. The van der Waals surface area contributed by atoms with Crippen LogP contribution in [0.25, 0.3) is 0 Å². The fraction of sp³-hybridized carbons (Fsp3) is 0.182. The number of nitrogens with zero attached hydrogens (tertiary/aromatic N) is 1. The summed E-state index contributed by atoms with van der Waals surface area (Å²) in [4.78, 5) is 36.3. The molecule has 1 aromatic carbocycles. The first kappa shape index (κ1) is 12.4. The Hall–Kier alpha value is -2.02. The molecule has 0 unspecified atom stereocenters. The highest BCUT2D eigenvalue weighted by Gasteiger charge is 2.34. The van der Waals surface area contributed by atoms with Crippen molar-refractivity contribution >= 4 is 40.9 Å². The van der Waals surface area contributed by atoms with Gasteiger partial charge in [0, 0.05) is 10.6 Å². The zero-order valence-electron chi connectivity index (χ0n) is 9.50. The van der Waals surface area contributed by atoms with E-state index < -0.39 is 17.8 Å². The molecule has 18 heavy (non-hydrogen) atoms. The number of anilines is 2. The Morgan fingerprint density at radius 3 is 2.83 bits per heavy atom. The summed E-state index contributed by atoms with van der Waals surface area (Å²) >= 11 is 1.29. The van der Waals surface area contributed by atoms with Gasteiger partial charge in [0.05, 0.1) is 18.6 Å². The Bertz CT molecular complexity index is 544. The van der Waals surface area contributed by atoms with Crippen molar-refractivity contribution in [3.8, 4) is 0 Å². The van der Waals surface area contributed by atoms with Crippen LogP contribution in [0.2, 0.25) is 0 Å². The van der Waals surface area contributed by atoms with Gasteiger partial charge in [0.15, 0.2) is 0 Å². The van der Waals surface area contributed by atoms with Gasteiger partial charge >= 0.3 is 11.9 Å². The zero-order chi connectivity index (χ0) is 13.3. The molecule has 94 valence electrons. The van der Waals surface area contributed by atoms with E-state index in [1.165, 1.54) is 17.8 Å². The van der Waals surface area contributed by atoms with E-state index in [2.05, 4.69) is 4.74 Å². The molecule has 1 aliphatic heterocycles. The SMILES string of the molecule is COC(=O)C(=O)N1C(=O)CSc2ccc(N)cc21. The Morgan fingerprint density at radius 1 is 1.44 bits per heavy atom. The molecule has 6 nitrogen and oxygen atoms in total. The van der Waals surface area contributed by atoms with Crippen LogP contribution in [0, 0.1) is 0 Å². The summed E-state index contributed by atoms with van der Waals surface area (Å²) in [5.41, 5.74) is 6.36. The molecule has 0 saturated carbocycles. The van der Waals surface area contributed by atoms with Crippen LogP contribution in [0.1, 0.15) is 0 Å². The molecule has 0 fully saturated rings. The van der Waals surface area contributed by atoms with Crippen LogP contribution in [0.15, 0.2) is 23.1 Å². The number of ether oxygens (including phenoxy) is 1. The van der Waals surface area contributed by atoms with Crippen molar-refractivity contribution < 1.29 is 19.1 Å². The summed E-state index contributed by atoms with van der Waals surface area (Å²) in [5.74, 6) is -2.45. The predicted octanol–water partition coefficient (Wildman–Crippen LogP) is 0.407. The van der Waals surface area contributed by atoms with Gasteiger partial charge in [-0.15, -0.1) is 11.8 Å². The molecular weight excluding hydrogens is 256 g/mol. The van der Waals surface area contributed by atoms with Gasteiger partial charge in [-0.25, -0.2) is 9.69 Å². The number of hydrogen-bond acceptors (Lipinski definition) is 6. The van der Waals surface area contributed by atoms with Crippen molar-refractivity contribution in [2.45, 2.75) is 4.90 Å². The Balaban J connectivity index is 2.48. The minimum atomic E-state index is -1.08. The van der Waals surface area contributed by atoms with E-state index in [-0.39, 0.29) is 5.75 Å². The summed E-state index contributed by atoms with van der Waals surface area (Å²) < 4.78 is 4.34. The Labute approximate surface area is 107 Å². The molecule has 0 aliphatic carbocycles. The molecular formula is C11H10N2O4S. The number of benzene rings is 1. The maximum Gasteiger partial charge on any atom is 0.397 e. The lowest BCUT2D eigenvalue weighted by Crippen LogP contribution is -2.44. The smallest absolute Gasteiger partial charge is 0.397 e. The minimum Gasteiger partial charge on any atom is -0.462 e. The van der Waals surface area contributed by atoms with Gasteiger partial charge in [0.1, 0.15) is 0 Å². The standard InChI is InChI=1S/C11H10N2O4S/c1-17-11(16)10(15)13-7-4-6(12)2-3-8(7)18-5-9(13)14/h2-4H,5,12H2,1H3. The van der Waals surface area contributed by atoms with Crippen LogP contribution < -0.4 is 10.6 Å². The number of nitrogen functional groups attached to an aromatic ring is 1. The number of amides is 2. The van der Waals surface area contributed by atoms with Crippen LogP contribution in [-0.2, 0) is 19.1 Å². The average molecular weight is 266 g/mol. The number of methoxy groups -OCH3 is 1. The lowest BCUT2D eigenvalue weighted by atomic mass is 10.2. The molecule has 7 heteroatoms. The van der Waals surface area contributed by atoms with E-state index >= 15 is 0 Å². The van der Waals surface area contributed by atoms with Crippen LogP contribution in [-0.4, -0.2) is 30.6 Å². The fourth-order valence-corrected chi connectivity index (χ4v) is 2.44. The highest BCUT2D eigenvalue weighted by molar-refractivity contribution is 8.00. The number of esters is 1. The molecule has 1 aromatic rings. The molecule has 2 rings (SSSR count). The molecule has 0 atom stereocenters. The number of hydrogen-bond donors (Lipinski definition) is 1. The molecule has 0 spiro atoms. The van der Waals surface area contributed by atoms with Gasteiger partial charge in [-0.1, -0.05) is 0 Å². The number of imide groups is 1. The predicted molar refractivity (Wildman–Crippen MR) is 66.1 cm³/mol. The zero-order valence-corrected chi connectivity index (χ0v) is 10.3. The number of rotatable bonds is 0. The second-order valence-electron chi connectivity index (χ2n) is 3.54. The third kappa shape index (κ3) is 2.04. The minimum absolute atomic E-state index is 0.0969. The number of carbonyl (C=O) groups excluding carboxylic acids is 3. The third-order valence-corrected chi connectivity index (χ3v) is 3.44. The largest absolute Gasteiger partial charge is 0.462 e. The number of thioether (sulfide) groups is 1. The first-order chi connectivity index (χ1) is 8.54. The lowest BCUT2D eigenvalue weighted by molar-refractivity contribution is -0.152. The summed E-state index contributed by atoms with van der Waals surface area (Å²) in [5, 5.41) is 0. The van der Waals surface area contributed by atoms with Crippen molar-refractivity contribution in [3.63, 3.8) is 0 Å². The van der Waals surface area contributed by atoms with Gasteiger partial charge in [-0.05, 0) is 18.2 Å². The van der Waals surface area contributed by atoms with E-state index in [4.69, 9.17) is 5.73 Å². The van der Waals surface area contributed by atoms with Crippen LogP contribution in [0.4, 0.5) is 11.4 Å². The van der Waals surface area contributed by atoms with E-state index in [1.807, 2.05) is 0 Å². The van der Waals surface area contributed by atoms with Gasteiger partial charge in [0.2, 0.25) is 5.91 Å². The summed E-state index contributed by atoms with van der Waals surface area (Å²) in [6, 6.07) is 4.86. The first-order valence-electron chi connectivity index (χ1n) is 5.02. The molecule has 0 aromatic heterocycles. The van der Waals surface area contributed by atoms with Gasteiger partial charge in [-0.3, -0.25) is 9.59 Å². The number of carbonyl (C=O) groups is 3. The van der Waals surface area contributed by atoms with Gasteiger partial charge < -0.3 is 10.5 Å². The van der Waals surface area contributed by atoms with Crippen molar-refractivity contribution in [2.24, 2.45) is 0 Å². The van der Waals surface area contributed by atoms with Gasteiger partial charge in [0.25, 0.3) is 0 Å². The van der Waals surface area contributed by atoms with Crippen molar-refractivity contribution in [3.05, 3.63) is 18.2 Å². The monoisotopic (exact) mass is 266 g/mol. The summed E-state index contributed by atoms with van der Waals surface area (Å²) in [6.45, 7) is 0. The molecule has 0 radical (unpaired) electrons. The topological polar surface area (TPSA) is 89.7 Å². The van der Waals surface area contributed by atoms with Crippen molar-refractivity contribution in [1.29, 1.82) is 0 Å². The molecule has 1 aliphatic rings. The number of fused-ring (bicyclic) bond motifs is 1. The van der Waals surface area contributed by atoms with Crippen molar-refractivity contribution in [1.82, 2.24) is 0 Å². The van der Waals surface area contributed by atoms with Crippen LogP contribution in [0.5, 0.6) is 0 Å². The third-order valence-electron chi connectivity index (χ3n) is 2.39. The van der Waals surface area contributed by atoms with E-state index in [0.717, 1.165) is 16.9 Å². The maximum atomic E-state index is 11.8. The van der Waals surface area contributed by atoms with Crippen LogP contribution >= 0.6 is 11.8 Å². The Kier molecular flexibility index (Phi) is 3.24. The molecule has 1 heterocycles. The number of nitrogens with two attached hydrogens (primary N) is 1. The van der Waals surface area contributed by atoms with Crippen LogP contribution in [0.3, 0.4) is 0 Å². The summed E-state index contributed by atoms with van der Waals surface area (Å²) in [7, 11) is 1.09. The Morgan fingerprint density at radius 2 is 2.17 bits per heavy atom. The maximum absolute atomic E-state index is 11.8. The fourth-order valence-electron chi connectivity index (χ4n) is 1.57. The highest BCUT2D eigenvalue weighted by atomic mass is 32.2. The molecule has 2 N–H and O–H groups in total. The average Bonchev–Trinajstić information content (AvgIpc) is 2.36. The summed E-state index contributed by atoms with van der Waals surface area (Å²) in [6.07, 6.45) is 0. The normalized spacial score (nSPS) is 14.1. The van der Waals surface area contributed by atoms with Crippen molar-refractivity contribution in [2.75, 3.05) is 23.5 Å². The second kappa shape index (κ2) is 4.69. The van der Waals surface area contributed by atoms with Gasteiger partial charge in [-0.2, -0.15) is 0 Å². The van der Waals surface area contributed by atoms with E-state index in [0.29, 0.717) is 11.4 Å². The molecule has 0 bridgehead atoms. The molecule has 2 amide bonds.